The van der Waals surface area contributed by atoms with E-state index in [0.29, 0.717) is 0 Å². The third-order valence-electron chi connectivity index (χ3n) is 2.13. The van der Waals surface area contributed by atoms with Crippen molar-refractivity contribution >= 4 is 19.8 Å². The molecule has 0 aromatic carbocycles. The first-order valence-corrected chi connectivity index (χ1v) is 7.43. The highest BCUT2D eigenvalue weighted by molar-refractivity contribution is 6.74. The summed E-state index contributed by atoms with van der Waals surface area (Å²) in [6.07, 6.45) is 1.17. The van der Waals surface area contributed by atoms with Gasteiger partial charge in [-0.1, -0.05) is 13.1 Å². The summed E-state index contributed by atoms with van der Waals surface area (Å²) in [5.41, 5.74) is 0. The van der Waals surface area contributed by atoms with Crippen molar-refractivity contribution in [2.24, 2.45) is 0 Å². The second-order valence-corrected chi connectivity index (χ2v) is 8.90. The molecule has 0 aliphatic heterocycles. The molecule has 0 atom stereocenters. The summed E-state index contributed by atoms with van der Waals surface area (Å²) in [6, 6.07) is 1.31. The molecule has 0 heterocycles. The maximum atomic E-state index is 5.62. The Morgan fingerprint density at radius 3 is 2.10 bits per heavy atom. The topological polar surface area (TPSA) is 3.24 Å². The number of halogens is 1. The summed E-state index contributed by atoms with van der Waals surface area (Å²) >= 11 is 5.62. The van der Waals surface area contributed by atoms with E-state index in [9.17, 15) is 0 Å². The molecule has 0 saturated carbocycles. The van der Waals surface area contributed by atoms with Gasteiger partial charge in [0.05, 0.1) is 0 Å². The second-order valence-electron chi connectivity index (χ2n) is 3.50. The van der Waals surface area contributed by atoms with Gasteiger partial charge >= 0.3 is 0 Å². The molecule has 0 amide bonds. The summed E-state index contributed by atoms with van der Waals surface area (Å²) in [6.45, 7) is 4.75. The number of nitrogens with zero attached hydrogens (tertiary/aromatic N) is 1. The maximum Gasteiger partial charge on any atom is 0.121 e. The first kappa shape index (κ1) is 10.5. The Morgan fingerprint density at radius 1 is 1.30 bits per heavy atom. The van der Waals surface area contributed by atoms with Crippen LogP contribution in [-0.4, -0.2) is 32.8 Å². The summed E-state index contributed by atoms with van der Waals surface area (Å²) in [5.74, 6) is 0.810. The van der Waals surface area contributed by atoms with Gasteiger partial charge < -0.3 is 4.57 Å². The predicted molar refractivity (Wildman–Crippen MR) is 51.3 cm³/mol. The van der Waals surface area contributed by atoms with Crippen LogP contribution in [-0.2, 0) is 0 Å². The monoisotopic (exact) mass is 179 g/mol. The van der Waals surface area contributed by atoms with Gasteiger partial charge in [0.1, 0.15) is 8.24 Å². The van der Waals surface area contributed by atoms with Gasteiger partial charge in [-0.25, -0.2) is 0 Å². The highest BCUT2D eigenvalue weighted by Gasteiger charge is 2.22. The van der Waals surface area contributed by atoms with Crippen molar-refractivity contribution in [1.82, 2.24) is 4.57 Å². The predicted octanol–water partition coefficient (Wildman–Crippen LogP) is 2.38. The zero-order valence-corrected chi connectivity index (χ0v) is 9.20. The zero-order valence-electron chi connectivity index (χ0n) is 7.45. The Balaban J connectivity index is 3.63. The molecule has 0 aromatic heterocycles. The summed E-state index contributed by atoms with van der Waals surface area (Å²) in [7, 11) is 3.28. The average Bonchev–Trinajstić information content (AvgIpc) is 1.84. The molecule has 0 radical (unpaired) electrons. The number of alkyl halides is 1. The fraction of sp³-hybridized carbons (Fsp3) is 1.00. The minimum Gasteiger partial charge on any atom is -0.329 e. The number of hydrogen-bond donors (Lipinski definition) is 0. The average molecular weight is 180 g/mol. The van der Waals surface area contributed by atoms with E-state index in [1.807, 2.05) is 0 Å². The van der Waals surface area contributed by atoms with Crippen molar-refractivity contribution in [3.63, 3.8) is 0 Å². The van der Waals surface area contributed by atoms with Crippen molar-refractivity contribution in [1.29, 1.82) is 0 Å². The van der Waals surface area contributed by atoms with Crippen LogP contribution in [0.2, 0.25) is 19.1 Å². The highest BCUT2D eigenvalue weighted by Crippen LogP contribution is 2.14. The summed E-state index contributed by atoms with van der Waals surface area (Å²) in [4.78, 5) is 0. The lowest BCUT2D eigenvalue weighted by Crippen LogP contribution is -2.43. The van der Waals surface area contributed by atoms with E-state index in [-0.39, 0.29) is 0 Å². The molecule has 62 valence electrons. The molecular formula is C7H18ClNSi. The Kier molecular flexibility index (Phi) is 4.57. The highest BCUT2D eigenvalue weighted by atomic mass is 35.5. The van der Waals surface area contributed by atoms with Gasteiger partial charge in [0.15, 0.2) is 0 Å². The van der Waals surface area contributed by atoms with Crippen LogP contribution < -0.4 is 0 Å². The Morgan fingerprint density at radius 2 is 1.80 bits per heavy atom. The zero-order chi connectivity index (χ0) is 8.20. The molecule has 0 aliphatic rings. The third kappa shape index (κ3) is 3.59. The van der Waals surface area contributed by atoms with Gasteiger partial charge in [0.2, 0.25) is 0 Å². The molecule has 10 heavy (non-hydrogen) atoms. The Bertz CT molecular complexity index is 93.6. The smallest absolute Gasteiger partial charge is 0.121 e. The fourth-order valence-corrected chi connectivity index (χ4v) is 2.57. The van der Waals surface area contributed by atoms with E-state index in [0.717, 1.165) is 5.88 Å². The Labute approximate surface area is 70.5 Å². The molecular weight excluding hydrogens is 162 g/mol. The lowest BCUT2D eigenvalue weighted by atomic mass is 10.6. The molecule has 0 fully saturated rings. The van der Waals surface area contributed by atoms with Gasteiger partial charge in [-0.2, -0.15) is 0 Å². The Hall–Kier alpha value is 0.467. The van der Waals surface area contributed by atoms with E-state index < -0.39 is 8.24 Å². The van der Waals surface area contributed by atoms with Crippen molar-refractivity contribution in [2.45, 2.75) is 25.6 Å². The van der Waals surface area contributed by atoms with Crippen LogP contribution in [0.1, 0.15) is 6.42 Å². The molecule has 0 aliphatic carbocycles. The molecule has 1 nitrogen and oxygen atoms in total. The molecule has 0 spiro atoms. The normalized spacial score (nSPS) is 12.6. The van der Waals surface area contributed by atoms with E-state index in [4.69, 9.17) is 11.6 Å². The van der Waals surface area contributed by atoms with E-state index in [1.54, 1.807) is 0 Å². The molecule has 0 aromatic rings. The number of hydrogen-bond acceptors (Lipinski definition) is 1. The van der Waals surface area contributed by atoms with Crippen LogP contribution in [0.25, 0.3) is 0 Å². The standard InChI is InChI=1S/C7H18ClNSi/c1-9(2)10(3,4)7-5-6-8/h5-7H2,1-4H3. The SMILES string of the molecule is CN(C)[Si](C)(C)CCCCl. The van der Waals surface area contributed by atoms with Gasteiger partial charge in [-0.15, -0.1) is 11.6 Å². The van der Waals surface area contributed by atoms with Crippen molar-refractivity contribution < 1.29 is 0 Å². The molecule has 0 saturated heterocycles. The van der Waals surface area contributed by atoms with Crippen molar-refractivity contribution in [3.05, 3.63) is 0 Å². The van der Waals surface area contributed by atoms with Gasteiger partial charge in [0.25, 0.3) is 0 Å². The first-order chi connectivity index (χ1) is 4.50. The molecule has 3 heteroatoms. The van der Waals surface area contributed by atoms with Gasteiger partial charge in [-0.3, -0.25) is 0 Å². The van der Waals surface area contributed by atoms with E-state index in [1.165, 1.54) is 12.5 Å². The second kappa shape index (κ2) is 4.37. The van der Waals surface area contributed by atoms with Crippen LogP contribution in [0.4, 0.5) is 0 Å². The van der Waals surface area contributed by atoms with E-state index in [2.05, 4.69) is 31.8 Å². The largest absolute Gasteiger partial charge is 0.329 e. The molecule has 0 rings (SSSR count). The quantitative estimate of drug-likeness (QED) is 0.473. The third-order valence-corrected chi connectivity index (χ3v) is 6.40. The molecule has 0 N–H and O–H groups in total. The summed E-state index contributed by atoms with van der Waals surface area (Å²) < 4.78 is 2.37. The van der Waals surface area contributed by atoms with Crippen LogP contribution in [0.5, 0.6) is 0 Å². The van der Waals surface area contributed by atoms with Crippen LogP contribution in [0.3, 0.4) is 0 Å². The van der Waals surface area contributed by atoms with Crippen molar-refractivity contribution in [3.8, 4) is 0 Å². The molecule has 0 unspecified atom stereocenters. The van der Waals surface area contributed by atoms with E-state index >= 15 is 0 Å². The first-order valence-electron chi connectivity index (χ1n) is 3.74. The number of rotatable bonds is 4. The fourth-order valence-electron chi connectivity index (χ4n) is 0.723. The van der Waals surface area contributed by atoms with Crippen LogP contribution in [0.15, 0.2) is 0 Å². The van der Waals surface area contributed by atoms with Crippen molar-refractivity contribution in [2.75, 3.05) is 20.0 Å². The maximum absolute atomic E-state index is 5.62. The minimum absolute atomic E-state index is 0.810. The van der Waals surface area contributed by atoms with Gasteiger partial charge in [-0.05, 0) is 26.6 Å². The molecule has 0 bridgehead atoms. The van der Waals surface area contributed by atoms with Crippen LogP contribution >= 0.6 is 11.6 Å². The lowest BCUT2D eigenvalue weighted by molar-refractivity contribution is 0.614. The van der Waals surface area contributed by atoms with Gasteiger partial charge in [0, 0.05) is 5.88 Å². The van der Waals surface area contributed by atoms with Crippen LogP contribution in [0, 0.1) is 0 Å². The minimum atomic E-state index is -1.05. The summed E-state index contributed by atoms with van der Waals surface area (Å²) in [5, 5.41) is 0. The lowest BCUT2D eigenvalue weighted by Gasteiger charge is -2.29.